The predicted octanol–water partition coefficient (Wildman–Crippen LogP) is 3.40. The van der Waals surface area contributed by atoms with Crippen LogP contribution in [0.15, 0.2) is 0 Å². The topological polar surface area (TPSA) is 25.8 Å². The van der Waals surface area contributed by atoms with E-state index in [1.165, 1.54) is 25.7 Å². The van der Waals surface area contributed by atoms with Gasteiger partial charge in [0.25, 0.3) is 0 Å². The fourth-order valence-corrected chi connectivity index (χ4v) is 2.20. The highest BCUT2D eigenvalue weighted by Crippen LogP contribution is 2.33. The summed E-state index contributed by atoms with van der Waals surface area (Å²) in [4.78, 5) is 8.89. The summed E-state index contributed by atoms with van der Waals surface area (Å²) in [5, 5.41) is 0.624. The van der Waals surface area contributed by atoms with Crippen LogP contribution >= 0.6 is 11.6 Å². The summed E-state index contributed by atoms with van der Waals surface area (Å²) < 4.78 is 0. The monoisotopic (exact) mass is 210 g/mol. The van der Waals surface area contributed by atoms with Crippen LogP contribution in [0.4, 0.5) is 0 Å². The summed E-state index contributed by atoms with van der Waals surface area (Å²) >= 11 is 6.05. The molecule has 0 bridgehead atoms. The van der Waals surface area contributed by atoms with Gasteiger partial charge in [0, 0.05) is 17.2 Å². The third kappa shape index (κ3) is 1.76. The molecule has 1 aromatic rings. The van der Waals surface area contributed by atoms with Gasteiger partial charge in [-0.25, -0.2) is 9.97 Å². The van der Waals surface area contributed by atoms with Crippen LogP contribution in [-0.2, 0) is 0 Å². The largest absolute Gasteiger partial charge is 0.238 e. The van der Waals surface area contributed by atoms with Crippen molar-refractivity contribution in [3.8, 4) is 0 Å². The number of hydrogen-bond acceptors (Lipinski definition) is 2. The van der Waals surface area contributed by atoms with E-state index >= 15 is 0 Å². The second-order valence-corrected chi connectivity index (χ2v) is 4.42. The third-order valence-corrected chi connectivity index (χ3v) is 3.44. The van der Waals surface area contributed by atoms with Crippen molar-refractivity contribution in [2.75, 3.05) is 0 Å². The molecule has 1 fully saturated rings. The van der Waals surface area contributed by atoms with Crippen molar-refractivity contribution in [1.82, 2.24) is 9.97 Å². The molecule has 76 valence electrons. The third-order valence-electron chi connectivity index (χ3n) is 3.07. The summed E-state index contributed by atoms with van der Waals surface area (Å²) in [6.07, 6.45) is 5.05. The van der Waals surface area contributed by atoms with Gasteiger partial charge in [0.1, 0.15) is 11.0 Å². The van der Waals surface area contributed by atoms with Crippen molar-refractivity contribution in [1.29, 1.82) is 0 Å². The highest BCUT2D eigenvalue weighted by atomic mass is 35.5. The van der Waals surface area contributed by atoms with Gasteiger partial charge in [0.2, 0.25) is 0 Å². The van der Waals surface area contributed by atoms with Crippen LogP contribution in [0.25, 0.3) is 0 Å². The Morgan fingerprint density at radius 2 is 1.79 bits per heavy atom. The lowest BCUT2D eigenvalue weighted by atomic mass is 10.1. The molecule has 0 N–H and O–H groups in total. The molecule has 1 aliphatic carbocycles. The highest BCUT2D eigenvalue weighted by Gasteiger charge is 2.20. The van der Waals surface area contributed by atoms with E-state index in [2.05, 4.69) is 9.97 Å². The van der Waals surface area contributed by atoms with Gasteiger partial charge in [-0.05, 0) is 26.7 Å². The number of aromatic nitrogens is 2. The minimum Gasteiger partial charge on any atom is -0.238 e. The average Bonchev–Trinajstić information content (AvgIpc) is 2.66. The van der Waals surface area contributed by atoms with Gasteiger partial charge in [-0.2, -0.15) is 0 Å². The number of halogens is 1. The SMILES string of the molecule is Cc1nc(C2CCCC2)nc(Cl)c1C. The first-order valence-electron chi connectivity index (χ1n) is 5.19. The fraction of sp³-hybridized carbons (Fsp3) is 0.636. The summed E-state index contributed by atoms with van der Waals surface area (Å²) in [5.41, 5.74) is 2.03. The zero-order chi connectivity index (χ0) is 10.1. The maximum absolute atomic E-state index is 6.05. The molecule has 2 nitrogen and oxygen atoms in total. The number of hydrogen-bond donors (Lipinski definition) is 0. The van der Waals surface area contributed by atoms with Crippen molar-refractivity contribution in [2.24, 2.45) is 0 Å². The Morgan fingerprint density at radius 3 is 2.36 bits per heavy atom. The Morgan fingerprint density at radius 1 is 1.14 bits per heavy atom. The fourth-order valence-electron chi connectivity index (χ4n) is 1.98. The Labute approximate surface area is 89.7 Å². The summed E-state index contributed by atoms with van der Waals surface area (Å²) in [6, 6.07) is 0. The summed E-state index contributed by atoms with van der Waals surface area (Å²) in [5.74, 6) is 1.50. The van der Waals surface area contributed by atoms with Crippen molar-refractivity contribution in [2.45, 2.75) is 45.4 Å². The molecule has 0 atom stereocenters. The molecule has 2 rings (SSSR count). The van der Waals surface area contributed by atoms with Crippen molar-refractivity contribution < 1.29 is 0 Å². The minimum absolute atomic E-state index is 0.548. The number of rotatable bonds is 1. The van der Waals surface area contributed by atoms with Crippen LogP contribution in [-0.4, -0.2) is 9.97 Å². The normalized spacial score (nSPS) is 17.6. The van der Waals surface area contributed by atoms with E-state index in [1.54, 1.807) is 0 Å². The molecule has 1 heterocycles. The van der Waals surface area contributed by atoms with Gasteiger partial charge in [-0.3, -0.25) is 0 Å². The van der Waals surface area contributed by atoms with E-state index in [4.69, 9.17) is 11.6 Å². The molecular weight excluding hydrogens is 196 g/mol. The molecule has 0 aliphatic heterocycles. The van der Waals surface area contributed by atoms with Gasteiger partial charge in [0.05, 0.1) is 0 Å². The van der Waals surface area contributed by atoms with E-state index in [-0.39, 0.29) is 0 Å². The predicted molar refractivity (Wildman–Crippen MR) is 57.7 cm³/mol. The maximum atomic E-state index is 6.05. The smallest absolute Gasteiger partial charge is 0.135 e. The first-order chi connectivity index (χ1) is 6.68. The number of aryl methyl sites for hydroxylation is 1. The lowest BCUT2D eigenvalue weighted by molar-refractivity contribution is 0.662. The van der Waals surface area contributed by atoms with Crippen LogP contribution in [0.5, 0.6) is 0 Å². The minimum atomic E-state index is 0.548. The molecule has 0 amide bonds. The lowest BCUT2D eigenvalue weighted by Crippen LogP contribution is -2.04. The van der Waals surface area contributed by atoms with Crippen molar-refractivity contribution >= 4 is 11.6 Å². The second kappa shape index (κ2) is 3.85. The van der Waals surface area contributed by atoms with Crippen molar-refractivity contribution in [3.63, 3.8) is 0 Å². The van der Waals surface area contributed by atoms with E-state index < -0.39 is 0 Å². The Kier molecular flexibility index (Phi) is 2.73. The zero-order valence-electron chi connectivity index (χ0n) is 8.68. The average molecular weight is 211 g/mol. The van der Waals surface area contributed by atoms with Gasteiger partial charge in [0.15, 0.2) is 0 Å². The molecule has 1 aliphatic rings. The van der Waals surface area contributed by atoms with Crippen molar-refractivity contribution in [3.05, 3.63) is 22.2 Å². The molecule has 0 saturated heterocycles. The first-order valence-corrected chi connectivity index (χ1v) is 5.57. The molecule has 1 aromatic heterocycles. The molecule has 0 radical (unpaired) electrons. The number of nitrogens with zero attached hydrogens (tertiary/aromatic N) is 2. The van der Waals surface area contributed by atoms with E-state index in [9.17, 15) is 0 Å². The molecule has 3 heteroatoms. The van der Waals surface area contributed by atoms with E-state index in [1.807, 2.05) is 13.8 Å². The first kappa shape index (κ1) is 9.91. The zero-order valence-corrected chi connectivity index (χ0v) is 9.43. The van der Waals surface area contributed by atoms with Crippen LogP contribution in [0.2, 0.25) is 5.15 Å². The molecule has 0 unspecified atom stereocenters. The highest BCUT2D eigenvalue weighted by molar-refractivity contribution is 6.30. The Bertz CT molecular complexity index is 320. The van der Waals surface area contributed by atoms with Crippen LogP contribution < -0.4 is 0 Å². The van der Waals surface area contributed by atoms with Gasteiger partial charge in [-0.15, -0.1) is 0 Å². The van der Waals surface area contributed by atoms with Crippen LogP contribution in [0.1, 0.15) is 48.7 Å². The van der Waals surface area contributed by atoms with Crippen LogP contribution in [0.3, 0.4) is 0 Å². The van der Waals surface area contributed by atoms with E-state index in [0.29, 0.717) is 11.1 Å². The molecular formula is C11H15ClN2. The Balaban J connectivity index is 2.34. The Hall–Kier alpha value is -0.630. The molecule has 0 aromatic carbocycles. The molecule has 14 heavy (non-hydrogen) atoms. The van der Waals surface area contributed by atoms with Gasteiger partial charge in [-0.1, -0.05) is 24.4 Å². The van der Waals surface area contributed by atoms with E-state index in [0.717, 1.165) is 17.1 Å². The molecule has 1 saturated carbocycles. The van der Waals surface area contributed by atoms with Gasteiger partial charge < -0.3 is 0 Å². The second-order valence-electron chi connectivity index (χ2n) is 4.06. The molecule has 0 spiro atoms. The van der Waals surface area contributed by atoms with Gasteiger partial charge >= 0.3 is 0 Å². The summed E-state index contributed by atoms with van der Waals surface area (Å²) in [7, 11) is 0. The standard InChI is InChI=1S/C11H15ClN2/c1-7-8(2)13-11(14-10(7)12)9-5-3-4-6-9/h9H,3-6H2,1-2H3. The lowest BCUT2D eigenvalue weighted by Gasteiger charge is -2.10. The summed E-state index contributed by atoms with van der Waals surface area (Å²) in [6.45, 7) is 3.97. The quantitative estimate of drug-likeness (QED) is 0.664. The maximum Gasteiger partial charge on any atom is 0.135 e. The van der Waals surface area contributed by atoms with Crippen LogP contribution in [0, 0.1) is 13.8 Å².